The van der Waals surface area contributed by atoms with Crippen LogP contribution >= 0.6 is 0 Å². The van der Waals surface area contributed by atoms with Crippen molar-refractivity contribution < 1.29 is 0 Å². The molecule has 0 aliphatic rings. The van der Waals surface area contributed by atoms with Crippen LogP contribution in [0.25, 0.3) is 11.3 Å². The van der Waals surface area contributed by atoms with Crippen LogP contribution in [0.15, 0.2) is 30.5 Å². The number of nitrogens with two attached hydrogens (primary N) is 1. The van der Waals surface area contributed by atoms with Crippen molar-refractivity contribution in [2.24, 2.45) is 5.73 Å². The number of aromatic nitrogens is 2. The first-order valence-electron chi connectivity index (χ1n) is 7.16. The lowest BCUT2D eigenvalue weighted by Crippen LogP contribution is -1.99. The lowest BCUT2D eigenvalue weighted by Gasteiger charge is -2.01. The Hall–Kier alpha value is -1.61. The Morgan fingerprint density at radius 3 is 2.58 bits per heavy atom. The van der Waals surface area contributed by atoms with Crippen LogP contribution in [0.3, 0.4) is 0 Å². The molecular weight excluding hydrogens is 234 g/mol. The van der Waals surface area contributed by atoms with E-state index in [9.17, 15) is 0 Å². The molecule has 0 aliphatic heterocycles. The molecule has 2 rings (SSSR count). The van der Waals surface area contributed by atoms with Crippen LogP contribution in [0.5, 0.6) is 0 Å². The van der Waals surface area contributed by atoms with Crippen molar-refractivity contribution >= 4 is 0 Å². The number of aryl methyl sites for hydroxylation is 2. The van der Waals surface area contributed by atoms with Crippen LogP contribution in [0.1, 0.15) is 37.6 Å². The largest absolute Gasteiger partial charge is 0.342 e. The minimum absolute atomic E-state index is 0.756. The van der Waals surface area contributed by atoms with Crippen LogP contribution in [0.4, 0.5) is 0 Å². The zero-order chi connectivity index (χ0) is 13.5. The second-order valence-electron chi connectivity index (χ2n) is 4.94. The fraction of sp³-hybridized carbons (Fsp3) is 0.438. The van der Waals surface area contributed by atoms with E-state index in [2.05, 4.69) is 41.2 Å². The van der Waals surface area contributed by atoms with Gasteiger partial charge in [0.25, 0.3) is 0 Å². The first-order chi connectivity index (χ1) is 9.33. The van der Waals surface area contributed by atoms with E-state index in [0.717, 1.165) is 43.7 Å². The summed E-state index contributed by atoms with van der Waals surface area (Å²) in [4.78, 5) is 7.81. The zero-order valence-corrected chi connectivity index (χ0v) is 11.7. The fourth-order valence-corrected chi connectivity index (χ4v) is 2.21. The summed E-state index contributed by atoms with van der Waals surface area (Å²) in [5.41, 5.74) is 9.20. The molecular formula is C16H23N3. The van der Waals surface area contributed by atoms with Crippen LogP contribution in [0, 0.1) is 0 Å². The first-order valence-corrected chi connectivity index (χ1v) is 7.16. The van der Waals surface area contributed by atoms with E-state index in [1.54, 1.807) is 0 Å². The fourth-order valence-electron chi connectivity index (χ4n) is 2.21. The molecule has 0 aliphatic carbocycles. The van der Waals surface area contributed by atoms with Gasteiger partial charge >= 0.3 is 0 Å². The highest BCUT2D eigenvalue weighted by molar-refractivity contribution is 5.58. The van der Waals surface area contributed by atoms with Crippen LogP contribution in [-0.2, 0) is 12.8 Å². The third kappa shape index (κ3) is 3.93. The molecule has 0 amide bonds. The van der Waals surface area contributed by atoms with Gasteiger partial charge in [-0.3, -0.25) is 0 Å². The third-order valence-electron chi connectivity index (χ3n) is 3.30. The van der Waals surface area contributed by atoms with E-state index in [4.69, 9.17) is 5.73 Å². The molecule has 0 saturated carbocycles. The lowest BCUT2D eigenvalue weighted by atomic mass is 10.1. The van der Waals surface area contributed by atoms with Gasteiger partial charge in [0.15, 0.2) is 0 Å². The highest BCUT2D eigenvalue weighted by atomic mass is 14.9. The summed E-state index contributed by atoms with van der Waals surface area (Å²) in [6, 6.07) is 8.74. The minimum Gasteiger partial charge on any atom is -0.342 e. The predicted octanol–water partition coefficient (Wildman–Crippen LogP) is 3.31. The molecule has 0 radical (unpaired) electrons. The molecule has 3 heteroatoms. The second-order valence-corrected chi connectivity index (χ2v) is 4.94. The van der Waals surface area contributed by atoms with Gasteiger partial charge in [0.2, 0.25) is 0 Å². The van der Waals surface area contributed by atoms with Gasteiger partial charge in [0, 0.05) is 6.42 Å². The molecule has 0 spiro atoms. The molecule has 0 fully saturated rings. The highest BCUT2D eigenvalue weighted by Crippen LogP contribution is 2.18. The molecule has 102 valence electrons. The highest BCUT2D eigenvalue weighted by Gasteiger charge is 2.03. The summed E-state index contributed by atoms with van der Waals surface area (Å²) in [7, 11) is 0. The molecule has 3 N–H and O–H groups in total. The summed E-state index contributed by atoms with van der Waals surface area (Å²) >= 11 is 0. The first kappa shape index (κ1) is 13.8. The maximum Gasteiger partial charge on any atom is 0.106 e. The van der Waals surface area contributed by atoms with Crippen molar-refractivity contribution in [2.45, 2.75) is 39.0 Å². The molecule has 0 saturated heterocycles. The molecule has 1 heterocycles. The monoisotopic (exact) mass is 257 g/mol. The number of hydrogen-bond donors (Lipinski definition) is 2. The lowest BCUT2D eigenvalue weighted by molar-refractivity contribution is 0.723. The van der Waals surface area contributed by atoms with Crippen molar-refractivity contribution in [3.05, 3.63) is 41.9 Å². The van der Waals surface area contributed by atoms with E-state index in [1.807, 2.05) is 6.20 Å². The van der Waals surface area contributed by atoms with E-state index < -0.39 is 0 Å². The normalized spacial score (nSPS) is 10.8. The molecule has 0 unspecified atom stereocenters. The Labute approximate surface area is 115 Å². The molecule has 2 aromatic rings. The summed E-state index contributed by atoms with van der Waals surface area (Å²) < 4.78 is 0. The van der Waals surface area contributed by atoms with Gasteiger partial charge in [-0.05, 0) is 36.9 Å². The molecule has 19 heavy (non-hydrogen) atoms. The summed E-state index contributed by atoms with van der Waals surface area (Å²) in [5.74, 6) is 1.06. The SMILES string of the molecule is CCCc1ccc(-c2cnc(CCCCN)[nH]2)cc1. The second kappa shape index (κ2) is 7.10. The molecule has 1 aromatic carbocycles. The Morgan fingerprint density at radius 1 is 1.11 bits per heavy atom. The average molecular weight is 257 g/mol. The molecule has 0 atom stereocenters. The van der Waals surface area contributed by atoms with Gasteiger partial charge < -0.3 is 10.7 Å². The number of hydrogen-bond acceptors (Lipinski definition) is 2. The maximum absolute atomic E-state index is 5.50. The van der Waals surface area contributed by atoms with Crippen LogP contribution in [0.2, 0.25) is 0 Å². The van der Waals surface area contributed by atoms with E-state index in [1.165, 1.54) is 17.5 Å². The third-order valence-corrected chi connectivity index (χ3v) is 3.30. The van der Waals surface area contributed by atoms with Crippen molar-refractivity contribution in [1.82, 2.24) is 9.97 Å². The van der Waals surface area contributed by atoms with Crippen molar-refractivity contribution in [3.8, 4) is 11.3 Å². The minimum atomic E-state index is 0.756. The molecule has 0 bridgehead atoms. The van der Waals surface area contributed by atoms with Gasteiger partial charge in [-0.2, -0.15) is 0 Å². The van der Waals surface area contributed by atoms with Crippen molar-refractivity contribution in [2.75, 3.05) is 6.54 Å². The van der Waals surface area contributed by atoms with E-state index in [0.29, 0.717) is 0 Å². The number of imidazole rings is 1. The topological polar surface area (TPSA) is 54.7 Å². The molecule has 1 aromatic heterocycles. The number of unbranched alkanes of at least 4 members (excludes halogenated alkanes) is 1. The maximum atomic E-state index is 5.50. The zero-order valence-electron chi connectivity index (χ0n) is 11.7. The molecule has 3 nitrogen and oxygen atoms in total. The Kier molecular flexibility index (Phi) is 5.16. The van der Waals surface area contributed by atoms with Crippen LogP contribution in [-0.4, -0.2) is 16.5 Å². The number of aromatic amines is 1. The van der Waals surface area contributed by atoms with Gasteiger partial charge in [0.1, 0.15) is 5.82 Å². The van der Waals surface area contributed by atoms with Crippen LogP contribution < -0.4 is 5.73 Å². The quantitative estimate of drug-likeness (QED) is 0.748. The van der Waals surface area contributed by atoms with Crippen molar-refractivity contribution in [1.29, 1.82) is 0 Å². The average Bonchev–Trinajstić information content (AvgIpc) is 2.89. The van der Waals surface area contributed by atoms with Gasteiger partial charge in [-0.1, -0.05) is 37.6 Å². The van der Waals surface area contributed by atoms with Gasteiger partial charge in [0.05, 0.1) is 11.9 Å². The van der Waals surface area contributed by atoms with E-state index >= 15 is 0 Å². The standard InChI is InChI=1S/C16H23N3/c1-2-5-13-7-9-14(10-8-13)15-12-18-16(19-15)6-3-4-11-17/h7-10,12H,2-6,11,17H2,1H3,(H,18,19). The number of nitrogens with zero attached hydrogens (tertiary/aromatic N) is 1. The smallest absolute Gasteiger partial charge is 0.106 e. The Morgan fingerprint density at radius 2 is 1.89 bits per heavy atom. The van der Waals surface area contributed by atoms with Crippen molar-refractivity contribution in [3.63, 3.8) is 0 Å². The Bertz CT molecular complexity index is 485. The number of rotatable bonds is 7. The number of benzene rings is 1. The van der Waals surface area contributed by atoms with Gasteiger partial charge in [-0.25, -0.2) is 4.98 Å². The predicted molar refractivity (Wildman–Crippen MR) is 80.0 cm³/mol. The Balaban J connectivity index is 2.01. The number of H-pyrrole nitrogens is 1. The summed E-state index contributed by atoms with van der Waals surface area (Å²) in [5, 5.41) is 0. The van der Waals surface area contributed by atoms with Gasteiger partial charge in [-0.15, -0.1) is 0 Å². The van der Waals surface area contributed by atoms with E-state index in [-0.39, 0.29) is 0 Å². The summed E-state index contributed by atoms with van der Waals surface area (Å²) in [6.07, 6.45) is 7.39. The summed E-state index contributed by atoms with van der Waals surface area (Å²) in [6.45, 7) is 2.96. The number of nitrogens with one attached hydrogen (secondary N) is 1.